The number of piperazine rings is 1. The molecule has 0 saturated carbocycles. The lowest BCUT2D eigenvalue weighted by Crippen LogP contribution is -2.50. The second-order valence-electron chi connectivity index (χ2n) is 4.27. The van der Waals surface area contributed by atoms with E-state index in [1.165, 1.54) is 4.88 Å². The highest BCUT2D eigenvalue weighted by atomic mass is 32.1. The maximum absolute atomic E-state index is 11.7. The lowest BCUT2D eigenvalue weighted by Gasteiger charge is -2.34. The van der Waals surface area contributed by atoms with Crippen LogP contribution in [-0.4, -0.2) is 55.5 Å². The van der Waals surface area contributed by atoms with Crippen molar-refractivity contribution in [2.24, 2.45) is 0 Å². The molecule has 0 aromatic carbocycles. The Hall–Kier alpha value is -0.910. The maximum atomic E-state index is 11.7. The third-order valence-corrected chi connectivity index (χ3v) is 3.87. The predicted octanol–water partition coefficient (Wildman–Crippen LogP) is 0.612. The van der Waals surface area contributed by atoms with Crippen molar-refractivity contribution in [1.29, 1.82) is 0 Å². The molecule has 94 valence electrons. The van der Waals surface area contributed by atoms with Crippen molar-refractivity contribution in [3.8, 4) is 0 Å². The molecule has 0 aliphatic carbocycles. The van der Waals surface area contributed by atoms with Crippen LogP contribution in [0.3, 0.4) is 0 Å². The fourth-order valence-electron chi connectivity index (χ4n) is 2.04. The van der Waals surface area contributed by atoms with Crippen LogP contribution in [-0.2, 0) is 11.3 Å². The zero-order valence-electron chi connectivity index (χ0n) is 10.2. The largest absolute Gasteiger partial charge is 0.339 e. The van der Waals surface area contributed by atoms with E-state index in [0.29, 0.717) is 6.54 Å². The van der Waals surface area contributed by atoms with Gasteiger partial charge in [0.1, 0.15) is 0 Å². The summed E-state index contributed by atoms with van der Waals surface area (Å²) < 4.78 is 0. The van der Waals surface area contributed by atoms with E-state index in [1.54, 1.807) is 11.3 Å². The fraction of sp³-hybridized carbons (Fsp3) is 0.583. The average molecular weight is 253 g/mol. The molecule has 1 aromatic rings. The Kier molecular flexibility index (Phi) is 4.53. The number of hydrogen-bond donors (Lipinski definition) is 1. The minimum absolute atomic E-state index is 0.211. The number of amides is 1. The summed E-state index contributed by atoms with van der Waals surface area (Å²) in [6.45, 7) is 5.13. The standard InChI is InChI=1S/C12H19N3OS/c1-13-9-12(16)15-6-4-14(5-7-15)10-11-3-2-8-17-11/h2-3,8,13H,4-7,9-10H2,1H3. The Morgan fingerprint density at radius 3 is 2.76 bits per heavy atom. The van der Waals surface area contributed by atoms with E-state index in [2.05, 4.69) is 27.7 Å². The SMILES string of the molecule is CNCC(=O)N1CCN(Cc2cccs2)CC1. The molecule has 1 saturated heterocycles. The molecular weight excluding hydrogens is 234 g/mol. The van der Waals surface area contributed by atoms with Gasteiger partial charge in [0.15, 0.2) is 0 Å². The Bertz CT molecular complexity index is 345. The second kappa shape index (κ2) is 6.14. The van der Waals surface area contributed by atoms with Gasteiger partial charge in [-0.1, -0.05) is 6.07 Å². The van der Waals surface area contributed by atoms with Gasteiger partial charge in [0.05, 0.1) is 6.54 Å². The molecule has 1 fully saturated rings. The van der Waals surface area contributed by atoms with Gasteiger partial charge in [0, 0.05) is 37.6 Å². The molecule has 1 aliphatic rings. The van der Waals surface area contributed by atoms with Crippen LogP contribution in [0.2, 0.25) is 0 Å². The van der Waals surface area contributed by atoms with Gasteiger partial charge in [-0.25, -0.2) is 0 Å². The van der Waals surface area contributed by atoms with Gasteiger partial charge in [-0.3, -0.25) is 9.69 Å². The van der Waals surface area contributed by atoms with Gasteiger partial charge in [-0.05, 0) is 18.5 Å². The van der Waals surface area contributed by atoms with Crippen molar-refractivity contribution in [3.05, 3.63) is 22.4 Å². The Balaban J connectivity index is 1.76. The van der Waals surface area contributed by atoms with Gasteiger partial charge in [-0.2, -0.15) is 0 Å². The monoisotopic (exact) mass is 253 g/mol. The topological polar surface area (TPSA) is 35.6 Å². The number of rotatable bonds is 4. The summed E-state index contributed by atoms with van der Waals surface area (Å²) in [6.07, 6.45) is 0. The van der Waals surface area contributed by atoms with Crippen LogP contribution in [0.5, 0.6) is 0 Å². The minimum Gasteiger partial charge on any atom is -0.339 e. The zero-order chi connectivity index (χ0) is 12.1. The molecule has 17 heavy (non-hydrogen) atoms. The molecule has 0 atom stereocenters. The van der Waals surface area contributed by atoms with Crippen LogP contribution >= 0.6 is 11.3 Å². The number of carbonyl (C=O) groups excluding carboxylic acids is 1. The van der Waals surface area contributed by atoms with Gasteiger partial charge in [-0.15, -0.1) is 11.3 Å². The van der Waals surface area contributed by atoms with E-state index in [1.807, 2.05) is 11.9 Å². The highest BCUT2D eigenvalue weighted by molar-refractivity contribution is 7.09. The van der Waals surface area contributed by atoms with Crippen molar-refractivity contribution in [1.82, 2.24) is 15.1 Å². The van der Waals surface area contributed by atoms with Crippen molar-refractivity contribution in [2.45, 2.75) is 6.54 Å². The number of nitrogens with zero attached hydrogens (tertiary/aromatic N) is 2. The van der Waals surface area contributed by atoms with Crippen LogP contribution in [0, 0.1) is 0 Å². The molecule has 1 aliphatic heterocycles. The number of thiophene rings is 1. The lowest BCUT2D eigenvalue weighted by atomic mass is 10.3. The second-order valence-corrected chi connectivity index (χ2v) is 5.30. The maximum Gasteiger partial charge on any atom is 0.236 e. The Morgan fingerprint density at radius 1 is 1.41 bits per heavy atom. The van der Waals surface area contributed by atoms with E-state index in [9.17, 15) is 4.79 Å². The minimum atomic E-state index is 0.211. The Morgan fingerprint density at radius 2 is 2.18 bits per heavy atom. The van der Waals surface area contributed by atoms with Crippen LogP contribution in [0.1, 0.15) is 4.88 Å². The summed E-state index contributed by atoms with van der Waals surface area (Å²) in [4.78, 5) is 17.4. The van der Waals surface area contributed by atoms with E-state index >= 15 is 0 Å². The van der Waals surface area contributed by atoms with E-state index in [-0.39, 0.29) is 5.91 Å². The van der Waals surface area contributed by atoms with E-state index in [0.717, 1.165) is 32.7 Å². The van der Waals surface area contributed by atoms with Crippen molar-refractivity contribution < 1.29 is 4.79 Å². The number of hydrogen-bond acceptors (Lipinski definition) is 4. The molecule has 0 radical (unpaired) electrons. The summed E-state index contributed by atoms with van der Waals surface area (Å²) in [7, 11) is 1.81. The number of likely N-dealkylation sites (N-methyl/N-ethyl adjacent to an activating group) is 1. The van der Waals surface area contributed by atoms with Crippen molar-refractivity contribution in [3.63, 3.8) is 0 Å². The van der Waals surface area contributed by atoms with E-state index in [4.69, 9.17) is 0 Å². The molecule has 4 nitrogen and oxygen atoms in total. The molecule has 0 unspecified atom stereocenters. The Labute approximate surface area is 106 Å². The van der Waals surface area contributed by atoms with Gasteiger partial charge in [0.25, 0.3) is 0 Å². The van der Waals surface area contributed by atoms with Crippen molar-refractivity contribution in [2.75, 3.05) is 39.8 Å². The summed E-state index contributed by atoms with van der Waals surface area (Å²) >= 11 is 1.80. The molecule has 2 rings (SSSR count). The molecular formula is C12H19N3OS. The third-order valence-electron chi connectivity index (χ3n) is 3.01. The summed E-state index contributed by atoms with van der Waals surface area (Å²) in [5.74, 6) is 0.211. The first-order valence-electron chi connectivity index (χ1n) is 5.96. The predicted molar refractivity (Wildman–Crippen MR) is 70.1 cm³/mol. The molecule has 0 bridgehead atoms. The summed E-state index contributed by atoms with van der Waals surface area (Å²) in [6, 6.07) is 4.26. The first-order valence-corrected chi connectivity index (χ1v) is 6.84. The molecule has 1 aromatic heterocycles. The molecule has 1 N–H and O–H groups in total. The summed E-state index contributed by atoms with van der Waals surface area (Å²) in [5.41, 5.74) is 0. The zero-order valence-corrected chi connectivity index (χ0v) is 11.0. The lowest BCUT2D eigenvalue weighted by molar-refractivity contribution is -0.131. The highest BCUT2D eigenvalue weighted by Gasteiger charge is 2.20. The molecule has 5 heteroatoms. The normalized spacial score (nSPS) is 17.4. The first-order chi connectivity index (χ1) is 8.29. The number of carbonyl (C=O) groups is 1. The van der Waals surface area contributed by atoms with E-state index < -0.39 is 0 Å². The number of nitrogens with one attached hydrogen (secondary N) is 1. The summed E-state index contributed by atoms with van der Waals surface area (Å²) in [5, 5.41) is 5.02. The van der Waals surface area contributed by atoms with Gasteiger partial charge >= 0.3 is 0 Å². The quantitative estimate of drug-likeness (QED) is 0.854. The van der Waals surface area contributed by atoms with Gasteiger partial charge < -0.3 is 10.2 Å². The van der Waals surface area contributed by atoms with Crippen LogP contribution < -0.4 is 5.32 Å². The fourth-order valence-corrected chi connectivity index (χ4v) is 2.79. The average Bonchev–Trinajstić information content (AvgIpc) is 2.83. The van der Waals surface area contributed by atoms with Crippen LogP contribution in [0.25, 0.3) is 0 Å². The third kappa shape index (κ3) is 3.52. The smallest absolute Gasteiger partial charge is 0.236 e. The van der Waals surface area contributed by atoms with Gasteiger partial charge in [0.2, 0.25) is 5.91 Å². The first kappa shape index (κ1) is 12.5. The molecule has 2 heterocycles. The highest BCUT2D eigenvalue weighted by Crippen LogP contribution is 2.13. The van der Waals surface area contributed by atoms with Crippen LogP contribution in [0.15, 0.2) is 17.5 Å². The van der Waals surface area contributed by atoms with Crippen LogP contribution in [0.4, 0.5) is 0 Å². The molecule has 0 spiro atoms. The molecule has 1 amide bonds. The van der Waals surface area contributed by atoms with Crippen molar-refractivity contribution >= 4 is 17.2 Å².